The zero-order valence-corrected chi connectivity index (χ0v) is 24.6. The quantitative estimate of drug-likeness (QED) is 0.276. The molecule has 0 N–H and O–H groups in total. The van der Waals surface area contributed by atoms with Crippen molar-refractivity contribution in [1.29, 1.82) is 0 Å². The standard InChI is InChI=1S/C24H20O5Si4.Na/c25-31-28-32(21-13-5-1-6-14-21,22-15-7-2-8-16-22)26-30-27-33(29-31,23-17-9-3-10-18-23)24-19-11-4-12-20-24;/h1-20H;/q-1;+1. The minimum atomic E-state index is -3.33. The Morgan fingerprint density at radius 2 is 0.765 bits per heavy atom. The first kappa shape index (κ1) is 25.6. The summed E-state index contributed by atoms with van der Waals surface area (Å²) >= 11 is 0. The Morgan fingerprint density at radius 1 is 0.500 bits per heavy atom. The SMILES string of the molecule is [Na+].[O-][Si]1O[Si](c2ccccc2)(c2ccccc2)O[Si]O[Si](c2ccccc2)(c2ccccc2)O1. The molecule has 1 aliphatic heterocycles. The van der Waals surface area contributed by atoms with Crippen LogP contribution < -0.4 is 55.1 Å². The molecule has 0 bridgehead atoms. The first-order valence-corrected chi connectivity index (χ1v) is 16.2. The van der Waals surface area contributed by atoms with Crippen molar-refractivity contribution < 1.29 is 50.8 Å². The van der Waals surface area contributed by atoms with Gasteiger partial charge in [-0.3, -0.25) is 0 Å². The maximum Gasteiger partial charge on any atom is 1.00 e. The van der Waals surface area contributed by atoms with Crippen LogP contribution in [-0.4, -0.2) is 36.7 Å². The number of benzene rings is 4. The van der Waals surface area contributed by atoms with Crippen molar-refractivity contribution in [2.45, 2.75) is 0 Å². The second kappa shape index (κ2) is 11.5. The van der Waals surface area contributed by atoms with E-state index in [4.69, 9.17) is 16.5 Å². The summed E-state index contributed by atoms with van der Waals surface area (Å²) in [5, 5.41) is 3.40. The van der Waals surface area contributed by atoms with Gasteiger partial charge in [-0.1, -0.05) is 121 Å². The zero-order chi connectivity index (χ0) is 22.6. The molecular formula is C24H20NaO5Si4. The maximum atomic E-state index is 13.6. The van der Waals surface area contributed by atoms with Crippen molar-refractivity contribution in [2.75, 3.05) is 0 Å². The third kappa shape index (κ3) is 5.07. The second-order valence-corrected chi connectivity index (χ2v) is 16.1. The summed E-state index contributed by atoms with van der Waals surface area (Å²) in [7, 11) is -10.0. The van der Waals surface area contributed by atoms with E-state index in [9.17, 15) is 4.80 Å². The summed E-state index contributed by atoms with van der Waals surface area (Å²) in [5.74, 6) is 0. The fourth-order valence-electron chi connectivity index (χ4n) is 3.87. The number of hydrogen-bond acceptors (Lipinski definition) is 5. The molecule has 1 fully saturated rings. The van der Waals surface area contributed by atoms with Crippen LogP contribution in [0.5, 0.6) is 0 Å². The van der Waals surface area contributed by atoms with Crippen LogP contribution in [0.1, 0.15) is 0 Å². The molecular weight excluding hydrogens is 504 g/mol. The molecule has 0 aromatic heterocycles. The van der Waals surface area contributed by atoms with Crippen molar-refractivity contribution in [3.8, 4) is 0 Å². The molecule has 5 rings (SSSR count). The van der Waals surface area contributed by atoms with Crippen LogP contribution in [0.25, 0.3) is 0 Å². The third-order valence-corrected chi connectivity index (χ3v) is 16.4. The molecule has 0 aliphatic carbocycles. The van der Waals surface area contributed by atoms with E-state index in [1.165, 1.54) is 0 Å². The largest absolute Gasteiger partial charge is 1.00 e. The van der Waals surface area contributed by atoms with Crippen LogP contribution in [0.3, 0.4) is 0 Å². The van der Waals surface area contributed by atoms with Crippen LogP contribution in [0.4, 0.5) is 0 Å². The molecule has 0 unspecified atom stereocenters. The van der Waals surface area contributed by atoms with E-state index in [0.717, 1.165) is 20.7 Å². The van der Waals surface area contributed by atoms with Gasteiger partial charge in [0.2, 0.25) is 0 Å². The molecule has 1 saturated heterocycles. The summed E-state index contributed by atoms with van der Waals surface area (Å²) in [6, 6.07) is 38.7. The van der Waals surface area contributed by atoms with Crippen LogP contribution in [0, 0.1) is 0 Å². The van der Waals surface area contributed by atoms with Crippen molar-refractivity contribution in [2.24, 2.45) is 0 Å². The van der Waals surface area contributed by atoms with E-state index in [1.54, 1.807) is 0 Å². The van der Waals surface area contributed by atoms with Crippen LogP contribution >= 0.6 is 0 Å². The predicted octanol–water partition coefficient (Wildman–Crippen LogP) is -2.54. The molecule has 0 atom stereocenters. The number of hydrogen-bond donors (Lipinski definition) is 0. The Bertz CT molecular complexity index is 1000. The van der Waals surface area contributed by atoms with Crippen molar-refractivity contribution in [3.63, 3.8) is 0 Å². The molecule has 5 nitrogen and oxygen atoms in total. The van der Waals surface area contributed by atoms with Crippen molar-refractivity contribution in [3.05, 3.63) is 121 Å². The Labute approximate surface area is 228 Å². The van der Waals surface area contributed by atoms with Gasteiger partial charge in [0.25, 0.3) is 9.53 Å². The first-order valence-electron chi connectivity index (χ1n) is 10.5. The Hall–Kier alpha value is -1.45. The van der Waals surface area contributed by atoms with E-state index < -0.39 is 26.6 Å². The molecule has 4 aromatic carbocycles. The van der Waals surface area contributed by atoms with Gasteiger partial charge in [-0.05, 0) is 20.7 Å². The van der Waals surface area contributed by atoms with Gasteiger partial charge in [0.15, 0.2) is 0 Å². The minimum absolute atomic E-state index is 0. The molecule has 1 heterocycles. The van der Waals surface area contributed by atoms with Gasteiger partial charge in [0.05, 0.1) is 0 Å². The van der Waals surface area contributed by atoms with E-state index in [0.29, 0.717) is 0 Å². The molecule has 3 radical (unpaired) electrons. The van der Waals surface area contributed by atoms with Gasteiger partial charge in [0.1, 0.15) is 0 Å². The van der Waals surface area contributed by atoms with Crippen LogP contribution in [-0.2, 0) is 16.5 Å². The predicted molar refractivity (Wildman–Crippen MR) is 132 cm³/mol. The molecule has 0 amide bonds. The summed E-state index contributed by atoms with van der Waals surface area (Å²) in [6.45, 7) is 0. The Kier molecular flexibility index (Phi) is 8.69. The van der Waals surface area contributed by atoms with Gasteiger partial charge in [0, 0.05) is 0 Å². The van der Waals surface area contributed by atoms with Gasteiger partial charge in [-0.15, -0.1) is 0 Å². The van der Waals surface area contributed by atoms with Crippen LogP contribution in [0.15, 0.2) is 121 Å². The van der Waals surface area contributed by atoms with Crippen molar-refractivity contribution in [1.82, 2.24) is 0 Å². The molecule has 163 valence electrons. The zero-order valence-electron chi connectivity index (χ0n) is 18.6. The molecule has 1 aliphatic rings. The molecule has 10 heteroatoms. The summed E-state index contributed by atoms with van der Waals surface area (Å²) < 4.78 is 25.7. The van der Waals surface area contributed by atoms with Crippen molar-refractivity contribution >= 4 is 57.4 Å². The van der Waals surface area contributed by atoms with E-state index >= 15 is 0 Å². The van der Waals surface area contributed by atoms with Gasteiger partial charge < -0.3 is 21.3 Å². The van der Waals surface area contributed by atoms with Gasteiger partial charge >= 0.3 is 56.7 Å². The molecule has 0 spiro atoms. The van der Waals surface area contributed by atoms with E-state index in [1.807, 2.05) is 121 Å². The first-order chi connectivity index (χ1) is 16.2. The minimum Gasteiger partial charge on any atom is -0.818 e. The van der Waals surface area contributed by atoms with E-state index in [-0.39, 0.29) is 39.6 Å². The smallest absolute Gasteiger partial charge is 0.818 e. The normalized spacial score (nSPS) is 17.7. The average molecular weight is 524 g/mol. The van der Waals surface area contributed by atoms with Crippen LogP contribution in [0.2, 0.25) is 0 Å². The summed E-state index contributed by atoms with van der Waals surface area (Å²) in [6.07, 6.45) is 0. The van der Waals surface area contributed by atoms with Gasteiger partial charge in [-0.25, -0.2) is 0 Å². The monoisotopic (exact) mass is 523 g/mol. The molecule has 34 heavy (non-hydrogen) atoms. The van der Waals surface area contributed by atoms with E-state index in [2.05, 4.69) is 0 Å². The Morgan fingerprint density at radius 3 is 1.03 bits per heavy atom. The number of rotatable bonds is 4. The second-order valence-electron chi connectivity index (χ2n) is 7.44. The fraction of sp³-hybridized carbons (Fsp3) is 0. The summed E-state index contributed by atoms with van der Waals surface area (Å²) in [4.78, 5) is 13.6. The molecule has 4 aromatic rings. The fourth-order valence-corrected chi connectivity index (χ4v) is 15.8. The average Bonchev–Trinajstić information content (AvgIpc) is 2.88. The third-order valence-electron chi connectivity index (χ3n) is 5.44. The van der Waals surface area contributed by atoms with Gasteiger partial charge in [-0.2, -0.15) is 0 Å². The topological polar surface area (TPSA) is 60.0 Å². The molecule has 0 saturated carbocycles. The maximum absolute atomic E-state index is 13.6. The summed E-state index contributed by atoms with van der Waals surface area (Å²) in [5.41, 5.74) is 0. The Balaban J connectivity index is 0.00000274.